The highest BCUT2D eigenvalue weighted by atomic mass is 16.2. The number of hydrogen-bond acceptors (Lipinski definition) is 3. The molecule has 1 atom stereocenters. The summed E-state index contributed by atoms with van der Waals surface area (Å²) in [5, 5.41) is 12.0. The Balaban J connectivity index is 2.05. The molecule has 0 spiro atoms. The van der Waals surface area contributed by atoms with Gasteiger partial charge in [-0.05, 0) is 51.7 Å². The van der Waals surface area contributed by atoms with Crippen molar-refractivity contribution < 1.29 is 4.79 Å². The van der Waals surface area contributed by atoms with Crippen LogP contribution in [0.1, 0.15) is 39.2 Å². The molecule has 1 unspecified atom stereocenters. The number of nitriles is 1. The third-order valence-corrected chi connectivity index (χ3v) is 4.01. The maximum atomic E-state index is 12.5. The second-order valence-electron chi connectivity index (χ2n) is 6.06. The topological polar surface area (TPSA) is 56.1 Å². The SMILES string of the molecule is CC(C)N(CC1CC1)C(C)C(=O)Nc1ccccc1C#N. The molecule has 112 valence electrons. The Hall–Kier alpha value is -1.86. The number of rotatable bonds is 6. The summed E-state index contributed by atoms with van der Waals surface area (Å²) in [6.07, 6.45) is 2.55. The highest BCUT2D eigenvalue weighted by Gasteiger charge is 2.30. The molecule has 1 amide bonds. The van der Waals surface area contributed by atoms with Gasteiger partial charge < -0.3 is 5.32 Å². The predicted octanol–water partition coefficient (Wildman–Crippen LogP) is 3.01. The third-order valence-electron chi connectivity index (χ3n) is 4.01. The normalized spacial score (nSPS) is 15.8. The molecular formula is C17H23N3O. The molecule has 0 aromatic heterocycles. The van der Waals surface area contributed by atoms with Gasteiger partial charge in [0.15, 0.2) is 0 Å². The van der Waals surface area contributed by atoms with Crippen LogP contribution in [0.3, 0.4) is 0 Å². The van der Waals surface area contributed by atoms with Crippen molar-refractivity contribution in [2.75, 3.05) is 11.9 Å². The summed E-state index contributed by atoms with van der Waals surface area (Å²) < 4.78 is 0. The highest BCUT2D eigenvalue weighted by molar-refractivity contribution is 5.95. The van der Waals surface area contributed by atoms with Crippen LogP contribution < -0.4 is 5.32 Å². The summed E-state index contributed by atoms with van der Waals surface area (Å²) in [6, 6.07) is 9.34. The van der Waals surface area contributed by atoms with Crippen LogP contribution >= 0.6 is 0 Å². The number of hydrogen-bond donors (Lipinski definition) is 1. The van der Waals surface area contributed by atoms with Crippen LogP contribution in [0.5, 0.6) is 0 Å². The smallest absolute Gasteiger partial charge is 0.241 e. The van der Waals surface area contributed by atoms with Crippen LogP contribution in [0.15, 0.2) is 24.3 Å². The van der Waals surface area contributed by atoms with E-state index in [-0.39, 0.29) is 11.9 Å². The van der Waals surface area contributed by atoms with Gasteiger partial charge in [-0.1, -0.05) is 12.1 Å². The van der Waals surface area contributed by atoms with Crippen molar-refractivity contribution in [1.82, 2.24) is 4.90 Å². The molecule has 1 aliphatic carbocycles. The molecule has 21 heavy (non-hydrogen) atoms. The van der Waals surface area contributed by atoms with Crippen LogP contribution in [0.2, 0.25) is 0 Å². The van der Waals surface area contributed by atoms with Gasteiger partial charge in [0.1, 0.15) is 6.07 Å². The molecule has 1 aromatic carbocycles. The van der Waals surface area contributed by atoms with Crippen molar-refractivity contribution in [3.8, 4) is 6.07 Å². The average Bonchev–Trinajstić information content (AvgIpc) is 3.28. The zero-order valence-electron chi connectivity index (χ0n) is 13.0. The molecule has 1 aliphatic rings. The first-order valence-electron chi connectivity index (χ1n) is 7.58. The number of nitrogens with one attached hydrogen (secondary N) is 1. The van der Waals surface area contributed by atoms with Crippen molar-refractivity contribution in [2.24, 2.45) is 5.92 Å². The van der Waals surface area contributed by atoms with Gasteiger partial charge in [-0.2, -0.15) is 5.26 Å². The number of carbonyl (C=O) groups is 1. The number of nitrogens with zero attached hydrogens (tertiary/aromatic N) is 2. The van der Waals surface area contributed by atoms with Gasteiger partial charge in [0, 0.05) is 12.6 Å². The second kappa shape index (κ2) is 6.73. The maximum Gasteiger partial charge on any atom is 0.241 e. The molecule has 4 heteroatoms. The fourth-order valence-electron chi connectivity index (χ4n) is 2.49. The summed E-state index contributed by atoms with van der Waals surface area (Å²) in [4.78, 5) is 14.7. The first kappa shape index (κ1) is 15.5. The van der Waals surface area contributed by atoms with E-state index >= 15 is 0 Å². The number of para-hydroxylation sites is 1. The summed E-state index contributed by atoms with van der Waals surface area (Å²) in [5.41, 5.74) is 1.09. The molecule has 2 rings (SSSR count). The molecule has 4 nitrogen and oxygen atoms in total. The quantitative estimate of drug-likeness (QED) is 0.874. The molecular weight excluding hydrogens is 262 g/mol. The lowest BCUT2D eigenvalue weighted by atomic mass is 10.1. The monoisotopic (exact) mass is 285 g/mol. The third kappa shape index (κ3) is 4.05. The van der Waals surface area contributed by atoms with Gasteiger partial charge in [-0.15, -0.1) is 0 Å². The number of anilines is 1. The Labute approximate surface area is 126 Å². The standard InChI is InChI=1S/C17H23N3O/c1-12(2)20(11-14-8-9-14)13(3)17(21)19-16-7-5-4-6-15(16)10-18/h4-7,12-14H,8-9,11H2,1-3H3,(H,19,21). The van der Waals surface area contributed by atoms with Gasteiger partial charge >= 0.3 is 0 Å². The minimum absolute atomic E-state index is 0.0490. The second-order valence-corrected chi connectivity index (χ2v) is 6.06. The average molecular weight is 285 g/mol. The molecule has 0 saturated heterocycles. The van der Waals surface area contributed by atoms with Gasteiger partial charge in [0.25, 0.3) is 0 Å². The summed E-state index contributed by atoms with van der Waals surface area (Å²) in [5.74, 6) is 0.695. The first-order valence-corrected chi connectivity index (χ1v) is 7.58. The number of carbonyl (C=O) groups excluding carboxylic acids is 1. The summed E-state index contributed by atoms with van der Waals surface area (Å²) in [7, 11) is 0. The van der Waals surface area contributed by atoms with Crippen molar-refractivity contribution in [2.45, 2.75) is 45.7 Å². The molecule has 0 bridgehead atoms. The zero-order chi connectivity index (χ0) is 15.4. The van der Waals surface area contributed by atoms with Crippen molar-refractivity contribution in [1.29, 1.82) is 5.26 Å². The van der Waals surface area contributed by atoms with Gasteiger partial charge in [0.2, 0.25) is 5.91 Å². The summed E-state index contributed by atoms with van der Waals surface area (Å²) in [6.45, 7) is 7.16. The molecule has 1 fully saturated rings. The van der Waals surface area contributed by atoms with Crippen molar-refractivity contribution in [3.63, 3.8) is 0 Å². The van der Waals surface area contributed by atoms with E-state index in [0.29, 0.717) is 17.3 Å². The van der Waals surface area contributed by atoms with Crippen LogP contribution in [-0.4, -0.2) is 29.4 Å². The van der Waals surface area contributed by atoms with E-state index in [1.807, 2.05) is 13.0 Å². The predicted molar refractivity (Wildman–Crippen MR) is 83.8 cm³/mol. The molecule has 1 aromatic rings. The Morgan fingerprint density at radius 2 is 2.05 bits per heavy atom. The highest BCUT2D eigenvalue weighted by Crippen LogP contribution is 2.31. The van der Waals surface area contributed by atoms with Gasteiger partial charge in [0.05, 0.1) is 17.3 Å². The fourth-order valence-corrected chi connectivity index (χ4v) is 2.49. The van der Waals surface area contributed by atoms with Crippen molar-refractivity contribution in [3.05, 3.63) is 29.8 Å². The van der Waals surface area contributed by atoms with E-state index in [1.165, 1.54) is 12.8 Å². The van der Waals surface area contributed by atoms with Crippen LogP contribution in [0, 0.1) is 17.2 Å². The van der Waals surface area contributed by atoms with E-state index in [1.54, 1.807) is 18.2 Å². The Morgan fingerprint density at radius 1 is 1.38 bits per heavy atom. The van der Waals surface area contributed by atoms with E-state index in [9.17, 15) is 4.79 Å². The Bertz CT molecular complexity index is 543. The Morgan fingerprint density at radius 3 is 2.62 bits per heavy atom. The van der Waals surface area contributed by atoms with Crippen LogP contribution in [0.25, 0.3) is 0 Å². The van der Waals surface area contributed by atoms with E-state index in [4.69, 9.17) is 5.26 Å². The number of amides is 1. The Kier molecular flexibility index (Phi) is 4.98. The lowest BCUT2D eigenvalue weighted by Crippen LogP contribution is -2.46. The van der Waals surface area contributed by atoms with Crippen molar-refractivity contribution >= 4 is 11.6 Å². The molecule has 0 aliphatic heterocycles. The molecule has 0 radical (unpaired) electrons. The van der Waals surface area contributed by atoms with Gasteiger partial charge in [-0.3, -0.25) is 9.69 Å². The van der Waals surface area contributed by atoms with E-state index in [0.717, 1.165) is 12.5 Å². The number of benzene rings is 1. The molecule has 1 saturated carbocycles. The molecule has 1 N–H and O–H groups in total. The maximum absolute atomic E-state index is 12.5. The minimum atomic E-state index is -0.197. The van der Waals surface area contributed by atoms with E-state index in [2.05, 4.69) is 30.1 Å². The first-order chi connectivity index (χ1) is 10.0. The lowest BCUT2D eigenvalue weighted by molar-refractivity contribution is -0.121. The zero-order valence-corrected chi connectivity index (χ0v) is 13.0. The van der Waals surface area contributed by atoms with E-state index < -0.39 is 0 Å². The largest absolute Gasteiger partial charge is 0.324 e. The van der Waals surface area contributed by atoms with Gasteiger partial charge in [-0.25, -0.2) is 0 Å². The lowest BCUT2D eigenvalue weighted by Gasteiger charge is -2.32. The fraction of sp³-hybridized carbons (Fsp3) is 0.529. The molecule has 0 heterocycles. The van der Waals surface area contributed by atoms with Crippen LogP contribution in [-0.2, 0) is 4.79 Å². The summed E-state index contributed by atoms with van der Waals surface area (Å²) >= 11 is 0. The minimum Gasteiger partial charge on any atom is -0.324 e. The van der Waals surface area contributed by atoms with Crippen LogP contribution in [0.4, 0.5) is 5.69 Å².